The van der Waals surface area contributed by atoms with Gasteiger partial charge in [0.25, 0.3) is 0 Å². The Morgan fingerprint density at radius 1 is 1.40 bits per heavy atom. The van der Waals surface area contributed by atoms with Gasteiger partial charge in [0.1, 0.15) is 16.4 Å². The number of thiazole rings is 1. The molecule has 3 aromatic heterocycles. The number of hydrogen-bond acceptors (Lipinski definition) is 3. The van der Waals surface area contributed by atoms with Crippen LogP contribution in [-0.4, -0.2) is 19.9 Å². The van der Waals surface area contributed by atoms with Crippen molar-refractivity contribution in [1.29, 1.82) is 0 Å². The van der Waals surface area contributed by atoms with Crippen LogP contribution in [-0.2, 0) is 0 Å². The molecule has 0 aromatic carbocycles. The van der Waals surface area contributed by atoms with Gasteiger partial charge < -0.3 is 9.97 Å². The fraction of sp³-hybridized carbons (Fsp3) is 0. The standard InChI is InChI=1S/C10H7N4S/c1-2-7(11-3-1)8-9(14-6-13-8)10-12-4-5-15-10/h1-5,11H,(H,13,14). The predicted octanol–water partition coefficient (Wildman–Crippen LogP) is 2.33. The molecule has 0 unspecified atom stereocenters. The summed E-state index contributed by atoms with van der Waals surface area (Å²) < 4.78 is 0. The first-order chi connectivity index (χ1) is 7.45. The van der Waals surface area contributed by atoms with E-state index in [9.17, 15) is 0 Å². The minimum absolute atomic E-state index is 0.856. The number of hydrogen-bond donors (Lipinski definition) is 2. The molecule has 0 spiro atoms. The number of aromatic nitrogens is 4. The minimum atomic E-state index is 0.856. The highest BCUT2D eigenvalue weighted by Gasteiger charge is 2.12. The van der Waals surface area contributed by atoms with E-state index in [1.54, 1.807) is 17.5 Å². The first-order valence-electron chi connectivity index (χ1n) is 4.45. The van der Waals surface area contributed by atoms with Crippen LogP contribution in [0, 0.1) is 6.33 Å². The summed E-state index contributed by atoms with van der Waals surface area (Å²) in [6.45, 7) is 0. The number of nitrogens with zero attached hydrogens (tertiary/aromatic N) is 2. The molecule has 0 amide bonds. The summed E-state index contributed by atoms with van der Waals surface area (Å²) in [6, 6.07) is 3.91. The van der Waals surface area contributed by atoms with Crippen LogP contribution in [0.3, 0.4) is 0 Å². The van der Waals surface area contributed by atoms with Crippen molar-refractivity contribution in [3.63, 3.8) is 0 Å². The number of aromatic amines is 2. The molecule has 3 rings (SSSR count). The zero-order chi connectivity index (χ0) is 10.1. The Labute approximate surface area is 90.0 Å². The van der Waals surface area contributed by atoms with Gasteiger partial charge >= 0.3 is 0 Å². The Morgan fingerprint density at radius 2 is 2.40 bits per heavy atom. The third kappa shape index (κ3) is 1.37. The third-order valence-electron chi connectivity index (χ3n) is 2.08. The Kier molecular flexibility index (Phi) is 1.89. The van der Waals surface area contributed by atoms with Gasteiger partial charge in [-0.05, 0) is 12.1 Å². The number of nitrogens with one attached hydrogen (secondary N) is 2. The van der Waals surface area contributed by atoms with Crippen LogP contribution in [0.4, 0.5) is 0 Å². The SMILES string of the molecule is [c]1nc(-c2ccc[nH]2)c(-c2nccs2)[nH]1. The molecule has 2 N–H and O–H groups in total. The Bertz CT molecular complexity index is 487. The Hall–Kier alpha value is -1.88. The van der Waals surface area contributed by atoms with Gasteiger partial charge in [-0.15, -0.1) is 11.3 Å². The predicted molar refractivity (Wildman–Crippen MR) is 58.3 cm³/mol. The van der Waals surface area contributed by atoms with Crippen LogP contribution in [0.1, 0.15) is 0 Å². The highest BCUT2D eigenvalue weighted by atomic mass is 32.1. The van der Waals surface area contributed by atoms with Crippen LogP contribution in [0.2, 0.25) is 0 Å². The average molecular weight is 215 g/mol. The molecule has 0 fully saturated rings. The lowest BCUT2D eigenvalue weighted by molar-refractivity contribution is 1.27. The van der Waals surface area contributed by atoms with Crippen LogP contribution in [0.5, 0.6) is 0 Å². The summed E-state index contributed by atoms with van der Waals surface area (Å²) in [6.07, 6.45) is 6.39. The topological polar surface area (TPSA) is 57.4 Å². The summed E-state index contributed by atoms with van der Waals surface area (Å²) >= 11 is 1.58. The lowest BCUT2D eigenvalue weighted by atomic mass is 10.2. The molecule has 5 heteroatoms. The molecule has 73 valence electrons. The monoisotopic (exact) mass is 215 g/mol. The smallest absolute Gasteiger partial charge is 0.174 e. The van der Waals surface area contributed by atoms with E-state index in [-0.39, 0.29) is 0 Å². The molecular formula is C10H7N4S. The Balaban J connectivity index is 2.15. The van der Waals surface area contributed by atoms with Crippen LogP contribution >= 0.6 is 11.3 Å². The molecule has 0 saturated heterocycles. The normalized spacial score (nSPS) is 10.7. The summed E-state index contributed by atoms with van der Waals surface area (Å²) in [5.74, 6) is 0. The van der Waals surface area contributed by atoms with Gasteiger partial charge in [-0.2, -0.15) is 0 Å². The van der Waals surface area contributed by atoms with Gasteiger partial charge in [0.05, 0.1) is 5.69 Å². The zero-order valence-electron chi connectivity index (χ0n) is 7.69. The van der Waals surface area contributed by atoms with Crippen molar-refractivity contribution in [2.75, 3.05) is 0 Å². The van der Waals surface area contributed by atoms with E-state index in [1.807, 2.05) is 23.7 Å². The highest BCUT2D eigenvalue weighted by molar-refractivity contribution is 7.13. The lowest BCUT2D eigenvalue weighted by Crippen LogP contribution is -1.82. The molecular weight excluding hydrogens is 208 g/mol. The zero-order valence-corrected chi connectivity index (χ0v) is 8.51. The fourth-order valence-electron chi connectivity index (χ4n) is 1.43. The summed E-state index contributed by atoms with van der Waals surface area (Å²) in [7, 11) is 0. The van der Waals surface area contributed by atoms with Crippen molar-refractivity contribution < 1.29 is 0 Å². The van der Waals surface area contributed by atoms with Gasteiger partial charge in [0.15, 0.2) is 6.33 Å². The van der Waals surface area contributed by atoms with E-state index in [2.05, 4.69) is 26.3 Å². The Morgan fingerprint density at radius 3 is 3.13 bits per heavy atom. The first kappa shape index (κ1) is 8.43. The van der Waals surface area contributed by atoms with E-state index < -0.39 is 0 Å². The second-order valence-electron chi connectivity index (χ2n) is 2.99. The van der Waals surface area contributed by atoms with Gasteiger partial charge in [-0.1, -0.05) is 0 Å². The summed E-state index contributed by atoms with van der Waals surface area (Å²) in [5, 5.41) is 2.86. The van der Waals surface area contributed by atoms with Crippen molar-refractivity contribution in [3.8, 4) is 22.1 Å². The fourth-order valence-corrected chi connectivity index (χ4v) is 2.07. The molecule has 15 heavy (non-hydrogen) atoms. The van der Waals surface area contributed by atoms with Crippen molar-refractivity contribution in [2.24, 2.45) is 0 Å². The molecule has 0 atom stereocenters. The van der Waals surface area contributed by atoms with Crippen LogP contribution in [0.25, 0.3) is 22.1 Å². The average Bonchev–Trinajstić information content (AvgIpc) is 3.01. The molecule has 0 saturated carbocycles. The van der Waals surface area contributed by atoms with Gasteiger partial charge in [-0.25, -0.2) is 9.97 Å². The van der Waals surface area contributed by atoms with E-state index in [0.29, 0.717) is 0 Å². The largest absolute Gasteiger partial charge is 0.360 e. The molecule has 3 aromatic rings. The van der Waals surface area contributed by atoms with Crippen molar-refractivity contribution in [3.05, 3.63) is 36.2 Å². The number of rotatable bonds is 2. The van der Waals surface area contributed by atoms with Crippen molar-refractivity contribution in [1.82, 2.24) is 19.9 Å². The number of imidazole rings is 1. The summed E-state index contributed by atoms with van der Waals surface area (Å²) in [5.41, 5.74) is 2.74. The molecule has 1 radical (unpaired) electrons. The van der Waals surface area contributed by atoms with E-state index in [1.165, 1.54) is 0 Å². The van der Waals surface area contributed by atoms with E-state index >= 15 is 0 Å². The second-order valence-corrected chi connectivity index (χ2v) is 3.89. The van der Waals surface area contributed by atoms with Gasteiger partial charge in [0, 0.05) is 17.8 Å². The maximum absolute atomic E-state index is 4.24. The maximum atomic E-state index is 4.24. The molecule has 3 heterocycles. The molecule has 0 aliphatic rings. The second kappa shape index (κ2) is 3.36. The molecule has 4 nitrogen and oxygen atoms in total. The maximum Gasteiger partial charge on any atom is 0.174 e. The summed E-state index contributed by atoms with van der Waals surface area (Å²) in [4.78, 5) is 14.5. The van der Waals surface area contributed by atoms with E-state index in [0.717, 1.165) is 22.1 Å². The molecule has 0 aliphatic heterocycles. The van der Waals surface area contributed by atoms with Crippen molar-refractivity contribution in [2.45, 2.75) is 0 Å². The minimum Gasteiger partial charge on any atom is -0.360 e. The quantitative estimate of drug-likeness (QED) is 0.689. The van der Waals surface area contributed by atoms with Gasteiger partial charge in [-0.3, -0.25) is 0 Å². The highest BCUT2D eigenvalue weighted by Crippen LogP contribution is 2.28. The molecule has 0 bridgehead atoms. The van der Waals surface area contributed by atoms with Crippen LogP contribution in [0.15, 0.2) is 29.9 Å². The first-order valence-corrected chi connectivity index (χ1v) is 5.33. The van der Waals surface area contributed by atoms with Crippen molar-refractivity contribution >= 4 is 11.3 Å². The van der Waals surface area contributed by atoms with Crippen LogP contribution < -0.4 is 0 Å². The van der Waals surface area contributed by atoms with E-state index in [4.69, 9.17) is 0 Å². The molecule has 0 aliphatic carbocycles. The number of H-pyrrole nitrogens is 2. The third-order valence-corrected chi connectivity index (χ3v) is 2.88. The van der Waals surface area contributed by atoms with Gasteiger partial charge in [0.2, 0.25) is 0 Å². The lowest BCUT2D eigenvalue weighted by Gasteiger charge is -1.95.